The van der Waals surface area contributed by atoms with Crippen LogP contribution >= 0.6 is 0 Å². The highest BCUT2D eigenvalue weighted by molar-refractivity contribution is 5.98. The van der Waals surface area contributed by atoms with Gasteiger partial charge in [0.25, 0.3) is 5.91 Å². The van der Waals surface area contributed by atoms with E-state index >= 15 is 0 Å². The maximum atomic E-state index is 11.3. The first-order valence-corrected chi connectivity index (χ1v) is 5.30. The molecule has 90 valence electrons. The van der Waals surface area contributed by atoms with Crippen LogP contribution in [0.25, 0.3) is 0 Å². The van der Waals surface area contributed by atoms with Gasteiger partial charge < -0.3 is 16.8 Å². The van der Waals surface area contributed by atoms with Crippen molar-refractivity contribution in [1.82, 2.24) is 9.78 Å². The Labute approximate surface area is 95.0 Å². The average Bonchev–Trinajstić information content (AvgIpc) is 2.49. The molecule has 1 heterocycles. The second-order valence-corrected chi connectivity index (χ2v) is 3.85. The van der Waals surface area contributed by atoms with Gasteiger partial charge in [-0.05, 0) is 13.3 Å². The quantitative estimate of drug-likeness (QED) is 0.655. The zero-order chi connectivity index (χ0) is 12.3. The minimum atomic E-state index is -0.474. The minimum Gasteiger partial charge on any atom is -0.368 e. The fourth-order valence-corrected chi connectivity index (χ4v) is 1.53. The average molecular weight is 225 g/mol. The summed E-state index contributed by atoms with van der Waals surface area (Å²) in [6, 6.07) is 0.0518. The lowest BCUT2D eigenvalue weighted by atomic mass is 10.2. The zero-order valence-corrected chi connectivity index (χ0v) is 9.95. The molecule has 0 radical (unpaired) electrons. The van der Waals surface area contributed by atoms with Gasteiger partial charge in [0.05, 0.1) is 5.69 Å². The van der Waals surface area contributed by atoms with Crippen LogP contribution in [-0.4, -0.2) is 28.3 Å². The number of aromatic nitrogens is 2. The van der Waals surface area contributed by atoms with Gasteiger partial charge in [-0.15, -0.1) is 0 Å². The summed E-state index contributed by atoms with van der Waals surface area (Å²) >= 11 is 0. The molecule has 0 spiro atoms. The molecular formula is C10H19N5O. The number of amides is 1. The van der Waals surface area contributed by atoms with Gasteiger partial charge in [-0.2, -0.15) is 5.10 Å². The molecule has 1 rings (SSSR count). The number of anilines is 1. The molecule has 1 aromatic rings. The van der Waals surface area contributed by atoms with Gasteiger partial charge in [0, 0.05) is 19.6 Å². The first-order chi connectivity index (χ1) is 7.47. The molecule has 0 aliphatic rings. The molecule has 0 fully saturated rings. The van der Waals surface area contributed by atoms with Crippen molar-refractivity contribution in [2.75, 3.05) is 11.9 Å². The Morgan fingerprint density at radius 1 is 1.62 bits per heavy atom. The summed E-state index contributed by atoms with van der Waals surface area (Å²) in [4.78, 5) is 11.3. The van der Waals surface area contributed by atoms with Gasteiger partial charge in [0.2, 0.25) is 0 Å². The van der Waals surface area contributed by atoms with E-state index in [9.17, 15) is 4.79 Å². The number of nitrogens with zero attached hydrogens (tertiary/aromatic N) is 2. The minimum absolute atomic E-state index is 0.0518. The highest BCUT2D eigenvalue weighted by Gasteiger charge is 2.17. The van der Waals surface area contributed by atoms with E-state index in [1.54, 1.807) is 18.7 Å². The van der Waals surface area contributed by atoms with E-state index in [1.807, 2.05) is 6.92 Å². The monoisotopic (exact) mass is 225 g/mol. The molecule has 0 saturated heterocycles. The number of hydrogen-bond donors (Lipinski definition) is 3. The first-order valence-electron chi connectivity index (χ1n) is 5.30. The van der Waals surface area contributed by atoms with Crippen molar-refractivity contribution in [3.8, 4) is 0 Å². The molecule has 1 unspecified atom stereocenters. The second kappa shape index (κ2) is 4.98. The Bertz CT molecular complexity index is 385. The fourth-order valence-electron chi connectivity index (χ4n) is 1.53. The van der Waals surface area contributed by atoms with Crippen molar-refractivity contribution in [1.29, 1.82) is 0 Å². The summed E-state index contributed by atoms with van der Waals surface area (Å²) in [5.41, 5.74) is 12.2. The highest BCUT2D eigenvalue weighted by atomic mass is 16.1. The first kappa shape index (κ1) is 12.5. The van der Waals surface area contributed by atoms with Crippen LogP contribution in [0.4, 0.5) is 5.82 Å². The van der Waals surface area contributed by atoms with Gasteiger partial charge in [0.15, 0.2) is 0 Å². The molecule has 0 aromatic carbocycles. The standard InChI is InChI=1S/C10H19N5O/c1-4-7(11)5-13-10-8(9(12)16)6(2)14-15(10)3/h7,13H,4-5,11H2,1-3H3,(H2,12,16). The second-order valence-electron chi connectivity index (χ2n) is 3.85. The summed E-state index contributed by atoms with van der Waals surface area (Å²) in [7, 11) is 1.76. The normalized spacial score (nSPS) is 12.5. The van der Waals surface area contributed by atoms with Crippen LogP contribution in [0.1, 0.15) is 29.4 Å². The number of carbonyl (C=O) groups excluding carboxylic acids is 1. The fraction of sp³-hybridized carbons (Fsp3) is 0.600. The third kappa shape index (κ3) is 2.52. The molecular weight excluding hydrogens is 206 g/mol. The van der Waals surface area contributed by atoms with Gasteiger partial charge in [-0.3, -0.25) is 9.48 Å². The van der Waals surface area contributed by atoms with Gasteiger partial charge in [-0.25, -0.2) is 0 Å². The predicted octanol–water partition coefficient (Wildman–Crippen LogP) is -0.0234. The number of primary amides is 1. The Kier molecular flexibility index (Phi) is 3.89. The largest absolute Gasteiger partial charge is 0.368 e. The van der Waals surface area contributed by atoms with Crippen molar-refractivity contribution in [3.05, 3.63) is 11.3 Å². The summed E-state index contributed by atoms with van der Waals surface area (Å²) in [6.45, 7) is 4.36. The van der Waals surface area contributed by atoms with E-state index in [2.05, 4.69) is 10.4 Å². The molecule has 5 N–H and O–H groups in total. The van der Waals surface area contributed by atoms with E-state index in [4.69, 9.17) is 11.5 Å². The third-order valence-corrected chi connectivity index (χ3v) is 2.52. The van der Waals surface area contributed by atoms with Crippen molar-refractivity contribution in [2.45, 2.75) is 26.3 Å². The maximum Gasteiger partial charge on any atom is 0.254 e. The summed E-state index contributed by atoms with van der Waals surface area (Å²) in [6.07, 6.45) is 0.871. The molecule has 0 saturated carbocycles. The third-order valence-electron chi connectivity index (χ3n) is 2.52. The summed E-state index contributed by atoms with van der Waals surface area (Å²) in [5.74, 6) is 0.159. The smallest absolute Gasteiger partial charge is 0.254 e. The van der Waals surface area contributed by atoms with E-state index in [-0.39, 0.29) is 6.04 Å². The number of aryl methyl sites for hydroxylation is 2. The molecule has 1 amide bonds. The molecule has 0 aliphatic carbocycles. The maximum absolute atomic E-state index is 11.3. The Balaban J connectivity index is 2.90. The van der Waals surface area contributed by atoms with Crippen molar-refractivity contribution >= 4 is 11.7 Å². The van der Waals surface area contributed by atoms with E-state index in [0.29, 0.717) is 23.6 Å². The summed E-state index contributed by atoms with van der Waals surface area (Å²) < 4.78 is 1.61. The number of carbonyl (C=O) groups is 1. The van der Waals surface area contributed by atoms with Crippen LogP contribution < -0.4 is 16.8 Å². The van der Waals surface area contributed by atoms with Gasteiger partial charge >= 0.3 is 0 Å². The number of hydrogen-bond acceptors (Lipinski definition) is 4. The molecule has 16 heavy (non-hydrogen) atoms. The molecule has 0 aliphatic heterocycles. The lowest BCUT2D eigenvalue weighted by Gasteiger charge is -2.12. The Morgan fingerprint density at radius 3 is 2.75 bits per heavy atom. The molecule has 6 heteroatoms. The van der Waals surface area contributed by atoms with E-state index in [1.165, 1.54) is 0 Å². The van der Waals surface area contributed by atoms with Crippen LogP contribution in [0.5, 0.6) is 0 Å². The van der Waals surface area contributed by atoms with Crippen LogP contribution in [0.3, 0.4) is 0 Å². The lowest BCUT2D eigenvalue weighted by molar-refractivity contribution is 0.100. The molecule has 0 bridgehead atoms. The highest BCUT2D eigenvalue weighted by Crippen LogP contribution is 2.17. The van der Waals surface area contributed by atoms with E-state index in [0.717, 1.165) is 6.42 Å². The van der Waals surface area contributed by atoms with Crippen molar-refractivity contribution in [3.63, 3.8) is 0 Å². The number of rotatable bonds is 5. The van der Waals surface area contributed by atoms with Crippen molar-refractivity contribution in [2.24, 2.45) is 18.5 Å². The number of nitrogens with two attached hydrogens (primary N) is 2. The molecule has 6 nitrogen and oxygen atoms in total. The van der Waals surface area contributed by atoms with Crippen molar-refractivity contribution < 1.29 is 4.79 Å². The van der Waals surface area contributed by atoms with Crippen LogP contribution in [0.2, 0.25) is 0 Å². The Hall–Kier alpha value is -1.56. The lowest BCUT2D eigenvalue weighted by Crippen LogP contribution is -2.29. The van der Waals surface area contributed by atoms with E-state index < -0.39 is 5.91 Å². The SMILES string of the molecule is CCC(N)CNc1c(C(N)=O)c(C)nn1C. The van der Waals surface area contributed by atoms with Gasteiger partial charge in [0.1, 0.15) is 11.4 Å². The van der Waals surface area contributed by atoms with Gasteiger partial charge in [-0.1, -0.05) is 6.92 Å². The Morgan fingerprint density at radius 2 is 2.25 bits per heavy atom. The number of nitrogens with one attached hydrogen (secondary N) is 1. The molecule has 1 atom stereocenters. The zero-order valence-electron chi connectivity index (χ0n) is 9.95. The van der Waals surface area contributed by atoms with Crippen LogP contribution in [0.15, 0.2) is 0 Å². The summed E-state index contributed by atoms with van der Waals surface area (Å²) in [5, 5.41) is 7.26. The predicted molar refractivity (Wildman–Crippen MR) is 63.2 cm³/mol. The van der Waals surface area contributed by atoms with Crippen LogP contribution in [0, 0.1) is 6.92 Å². The molecule has 1 aromatic heterocycles. The topological polar surface area (TPSA) is 99.0 Å². The van der Waals surface area contributed by atoms with Crippen LogP contribution in [-0.2, 0) is 7.05 Å².